The van der Waals surface area contributed by atoms with Gasteiger partial charge >= 0.3 is 11.7 Å². The van der Waals surface area contributed by atoms with Crippen molar-refractivity contribution in [1.29, 1.82) is 0 Å². The monoisotopic (exact) mass is 261 g/mol. The van der Waals surface area contributed by atoms with Crippen molar-refractivity contribution in [3.8, 4) is 5.69 Å². The minimum Gasteiger partial charge on any atom is -0.475 e. The highest BCUT2D eigenvalue weighted by Crippen LogP contribution is 2.15. The van der Waals surface area contributed by atoms with Gasteiger partial charge in [-0.3, -0.25) is 4.57 Å². The number of carboxylic acids is 1. The summed E-state index contributed by atoms with van der Waals surface area (Å²) in [7, 11) is 0. The molecular weight excluding hydrogens is 246 g/mol. The molecule has 19 heavy (non-hydrogen) atoms. The van der Waals surface area contributed by atoms with Crippen LogP contribution >= 0.6 is 0 Å². The normalized spacial score (nSPS) is 10.7. The zero-order chi connectivity index (χ0) is 14.2. The maximum Gasteiger partial charge on any atom is 0.374 e. The lowest BCUT2D eigenvalue weighted by atomic mass is 10.1. The SMILES string of the molecule is CCn1c(C(=O)O)nn(-c2cccc(C)c2C)c1=O. The molecule has 0 atom stereocenters. The fourth-order valence-corrected chi connectivity index (χ4v) is 1.96. The molecule has 0 saturated carbocycles. The lowest BCUT2D eigenvalue weighted by Crippen LogP contribution is -2.25. The van der Waals surface area contributed by atoms with Crippen molar-refractivity contribution >= 4 is 5.97 Å². The third kappa shape index (κ3) is 2.05. The van der Waals surface area contributed by atoms with Gasteiger partial charge in [0.05, 0.1) is 5.69 Å². The fraction of sp³-hybridized carbons (Fsp3) is 0.308. The number of benzene rings is 1. The average Bonchev–Trinajstić information content (AvgIpc) is 2.70. The van der Waals surface area contributed by atoms with E-state index in [1.165, 1.54) is 0 Å². The van der Waals surface area contributed by atoms with E-state index in [9.17, 15) is 9.59 Å². The molecule has 0 aliphatic heterocycles. The fourth-order valence-electron chi connectivity index (χ4n) is 1.96. The molecular formula is C13H15N3O3. The van der Waals surface area contributed by atoms with Crippen molar-refractivity contribution in [2.24, 2.45) is 0 Å². The van der Waals surface area contributed by atoms with Crippen molar-refractivity contribution in [1.82, 2.24) is 14.3 Å². The van der Waals surface area contributed by atoms with Gasteiger partial charge in [0.25, 0.3) is 0 Å². The summed E-state index contributed by atoms with van der Waals surface area (Å²) in [5, 5.41) is 13.0. The number of aromatic carboxylic acids is 1. The lowest BCUT2D eigenvalue weighted by Gasteiger charge is -2.06. The maximum absolute atomic E-state index is 12.2. The summed E-state index contributed by atoms with van der Waals surface area (Å²) >= 11 is 0. The Balaban J connectivity index is 2.74. The second kappa shape index (κ2) is 4.72. The first kappa shape index (κ1) is 13.1. The molecule has 0 bridgehead atoms. The Morgan fingerprint density at radius 1 is 1.37 bits per heavy atom. The predicted molar refractivity (Wildman–Crippen MR) is 69.9 cm³/mol. The van der Waals surface area contributed by atoms with Crippen LogP contribution in [0.25, 0.3) is 5.69 Å². The lowest BCUT2D eigenvalue weighted by molar-refractivity contribution is 0.0677. The molecule has 1 N–H and O–H groups in total. The molecule has 1 aromatic carbocycles. The van der Waals surface area contributed by atoms with Gasteiger partial charge in [-0.15, -0.1) is 5.10 Å². The molecule has 0 aliphatic carbocycles. The molecule has 1 aromatic heterocycles. The quantitative estimate of drug-likeness (QED) is 0.905. The summed E-state index contributed by atoms with van der Waals surface area (Å²) < 4.78 is 2.29. The molecule has 2 aromatic rings. The number of aryl methyl sites for hydroxylation is 1. The first-order chi connectivity index (χ1) is 8.97. The number of carbonyl (C=O) groups is 1. The number of aromatic nitrogens is 3. The highest BCUT2D eigenvalue weighted by Gasteiger charge is 2.19. The number of carboxylic acid groups (broad SMARTS) is 1. The highest BCUT2D eigenvalue weighted by molar-refractivity contribution is 5.83. The van der Waals surface area contributed by atoms with Gasteiger partial charge in [0, 0.05) is 6.54 Å². The molecule has 2 rings (SSSR count). The Morgan fingerprint density at radius 3 is 2.58 bits per heavy atom. The van der Waals surface area contributed by atoms with E-state index >= 15 is 0 Å². The molecule has 6 nitrogen and oxygen atoms in total. The maximum atomic E-state index is 12.2. The Labute approximate surface area is 109 Å². The third-order valence-electron chi connectivity index (χ3n) is 3.17. The summed E-state index contributed by atoms with van der Waals surface area (Å²) in [5.74, 6) is -1.45. The van der Waals surface area contributed by atoms with Crippen LogP contribution in [-0.2, 0) is 6.54 Å². The van der Waals surface area contributed by atoms with E-state index in [0.717, 1.165) is 20.4 Å². The van der Waals surface area contributed by atoms with Crippen LogP contribution in [0.15, 0.2) is 23.0 Å². The predicted octanol–water partition coefficient (Wildman–Crippen LogP) is 1.37. The van der Waals surface area contributed by atoms with Crippen LogP contribution in [0.1, 0.15) is 28.7 Å². The zero-order valence-corrected chi connectivity index (χ0v) is 11.0. The van der Waals surface area contributed by atoms with Gasteiger partial charge in [0.2, 0.25) is 5.82 Å². The number of hydrogen-bond acceptors (Lipinski definition) is 3. The molecule has 0 amide bonds. The Bertz CT molecular complexity index is 698. The van der Waals surface area contributed by atoms with E-state index in [-0.39, 0.29) is 12.4 Å². The van der Waals surface area contributed by atoms with Crippen molar-refractivity contribution in [2.45, 2.75) is 27.3 Å². The standard InChI is InChI=1S/C13H15N3O3/c1-4-15-11(12(17)18)14-16(13(15)19)10-7-5-6-8(2)9(10)3/h5-7H,4H2,1-3H3,(H,17,18). The van der Waals surface area contributed by atoms with E-state index in [1.54, 1.807) is 13.0 Å². The van der Waals surface area contributed by atoms with Crippen LogP contribution < -0.4 is 5.69 Å². The van der Waals surface area contributed by atoms with Gasteiger partial charge in [-0.25, -0.2) is 9.59 Å². The van der Waals surface area contributed by atoms with Crippen LogP contribution in [0.3, 0.4) is 0 Å². The van der Waals surface area contributed by atoms with Crippen LogP contribution in [-0.4, -0.2) is 25.4 Å². The van der Waals surface area contributed by atoms with E-state index < -0.39 is 11.7 Å². The van der Waals surface area contributed by atoms with Gasteiger partial charge in [0.1, 0.15) is 0 Å². The molecule has 1 heterocycles. The average molecular weight is 261 g/mol. The second-order valence-electron chi connectivity index (χ2n) is 4.29. The van der Waals surface area contributed by atoms with E-state index in [1.807, 2.05) is 26.0 Å². The van der Waals surface area contributed by atoms with Crippen LogP contribution in [0, 0.1) is 13.8 Å². The number of hydrogen-bond donors (Lipinski definition) is 1. The van der Waals surface area contributed by atoms with E-state index in [4.69, 9.17) is 5.11 Å². The van der Waals surface area contributed by atoms with Crippen LogP contribution in [0.5, 0.6) is 0 Å². The summed E-state index contributed by atoms with van der Waals surface area (Å²) in [6.07, 6.45) is 0. The third-order valence-corrected chi connectivity index (χ3v) is 3.17. The van der Waals surface area contributed by atoms with E-state index in [0.29, 0.717) is 5.69 Å². The van der Waals surface area contributed by atoms with Gasteiger partial charge in [-0.05, 0) is 38.0 Å². The van der Waals surface area contributed by atoms with E-state index in [2.05, 4.69) is 5.10 Å². The van der Waals surface area contributed by atoms with Crippen LogP contribution in [0.4, 0.5) is 0 Å². The molecule has 0 spiro atoms. The van der Waals surface area contributed by atoms with Crippen molar-refractivity contribution < 1.29 is 9.90 Å². The molecule has 100 valence electrons. The number of rotatable bonds is 3. The summed E-state index contributed by atoms with van der Waals surface area (Å²) in [6.45, 7) is 5.79. The number of nitrogens with zero attached hydrogens (tertiary/aromatic N) is 3. The summed E-state index contributed by atoms with van der Waals surface area (Å²) in [6, 6.07) is 5.50. The van der Waals surface area contributed by atoms with Gasteiger partial charge in [-0.1, -0.05) is 12.1 Å². The largest absolute Gasteiger partial charge is 0.475 e. The first-order valence-electron chi connectivity index (χ1n) is 5.97. The van der Waals surface area contributed by atoms with Gasteiger partial charge < -0.3 is 5.11 Å². The summed E-state index contributed by atoms with van der Waals surface area (Å²) in [5.41, 5.74) is 2.10. The topological polar surface area (TPSA) is 77.1 Å². The Morgan fingerprint density at radius 2 is 2.05 bits per heavy atom. The molecule has 0 unspecified atom stereocenters. The molecule has 0 aliphatic rings. The Hall–Kier alpha value is -2.37. The minimum atomic E-state index is -1.21. The zero-order valence-electron chi connectivity index (χ0n) is 11.0. The highest BCUT2D eigenvalue weighted by atomic mass is 16.4. The second-order valence-corrected chi connectivity index (χ2v) is 4.29. The Kier molecular flexibility index (Phi) is 3.25. The molecule has 0 saturated heterocycles. The molecule has 0 radical (unpaired) electrons. The smallest absolute Gasteiger partial charge is 0.374 e. The van der Waals surface area contributed by atoms with Crippen molar-refractivity contribution in [2.75, 3.05) is 0 Å². The molecule has 6 heteroatoms. The van der Waals surface area contributed by atoms with Gasteiger partial charge in [0.15, 0.2) is 0 Å². The summed E-state index contributed by atoms with van der Waals surface area (Å²) in [4.78, 5) is 23.3. The van der Waals surface area contributed by atoms with Crippen molar-refractivity contribution in [3.05, 3.63) is 45.6 Å². The first-order valence-corrected chi connectivity index (χ1v) is 5.97. The minimum absolute atomic E-state index is 0.242. The van der Waals surface area contributed by atoms with Crippen LogP contribution in [0.2, 0.25) is 0 Å². The molecule has 0 fully saturated rings. The van der Waals surface area contributed by atoms with Gasteiger partial charge in [-0.2, -0.15) is 4.68 Å². The van der Waals surface area contributed by atoms with Crippen molar-refractivity contribution in [3.63, 3.8) is 0 Å².